The van der Waals surface area contributed by atoms with Crippen molar-refractivity contribution in [2.45, 2.75) is 32.6 Å². The average Bonchev–Trinajstić information content (AvgIpc) is 2.63. The van der Waals surface area contributed by atoms with Gasteiger partial charge in [-0.25, -0.2) is 0 Å². The summed E-state index contributed by atoms with van der Waals surface area (Å²) in [6.45, 7) is 4.13. The minimum absolute atomic E-state index is 0.0956. The number of hydrogen-bond donors (Lipinski definition) is 0. The molecule has 2 heteroatoms. The minimum Gasteiger partial charge on any atom is -0.370 e. The third-order valence-corrected chi connectivity index (χ3v) is 5.80. The number of anilines is 1. The topological polar surface area (TPSA) is 20.3 Å². The van der Waals surface area contributed by atoms with E-state index in [9.17, 15) is 4.79 Å². The lowest BCUT2D eigenvalue weighted by atomic mass is 9.65. The number of allylic oxidation sites excluding steroid dienone is 1. The summed E-state index contributed by atoms with van der Waals surface area (Å²) >= 11 is 0. The van der Waals surface area contributed by atoms with Crippen LogP contribution in [0.1, 0.15) is 30.4 Å². The van der Waals surface area contributed by atoms with E-state index >= 15 is 0 Å². The molecule has 1 heterocycles. The number of fused-ring (bicyclic) bond motifs is 1. The van der Waals surface area contributed by atoms with Gasteiger partial charge in [0.1, 0.15) is 0 Å². The quantitative estimate of drug-likeness (QED) is 0.811. The predicted octanol–water partition coefficient (Wildman–Crippen LogP) is 4.72. The van der Waals surface area contributed by atoms with Crippen molar-refractivity contribution in [3.8, 4) is 0 Å². The summed E-state index contributed by atoms with van der Waals surface area (Å²) in [5, 5.41) is 0. The fraction of sp³-hybridized carbons (Fsp3) is 0.348. The minimum atomic E-state index is 0.0956. The fourth-order valence-electron chi connectivity index (χ4n) is 4.38. The van der Waals surface area contributed by atoms with E-state index in [0.717, 1.165) is 32.4 Å². The fourth-order valence-corrected chi connectivity index (χ4v) is 4.38. The van der Waals surface area contributed by atoms with Crippen molar-refractivity contribution in [2.24, 2.45) is 5.41 Å². The molecule has 0 saturated carbocycles. The molecule has 128 valence electrons. The van der Waals surface area contributed by atoms with Gasteiger partial charge in [-0.2, -0.15) is 0 Å². The van der Waals surface area contributed by atoms with E-state index in [1.807, 2.05) is 6.08 Å². The van der Waals surface area contributed by atoms with Gasteiger partial charge < -0.3 is 4.90 Å². The summed E-state index contributed by atoms with van der Waals surface area (Å²) < 4.78 is 0. The first-order chi connectivity index (χ1) is 12.1. The molecule has 0 spiro atoms. The van der Waals surface area contributed by atoms with Gasteiger partial charge in [-0.1, -0.05) is 53.6 Å². The third kappa shape index (κ3) is 3.26. The van der Waals surface area contributed by atoms with E-state index in [-0.39, 0.29) is 5.41 Å². The number of rotatable bonds is 3. The average molecular weight is 331 g/mol. The number of carbonyl (C=O) groups excluding carboxylic acids is 1. The Morgan fingerprint density at radius 3 is 2.52 bits per heavy atom. The molecule has 0 bridgehead atoms. The summed E-state index contributed by atoms with van der Waals surface area (Å²) in [4.78, 5) is 14.5. The van der Waals surface area contributed by atoms with Gasteiger partial charge in [-0.05, 0) is 50.0 Å². The first kappa shape index (κ1) is 16.1. The lowest BCUT2D eigenvalue weighted by Crippen LogP contribution is -2.48. The molecule has 1 saturated heterocycles. The highest BCUT2D eigenvalue weighted by molar-refractivity contribution is 5.91. The second-order valence-corrected chi connectivity index (χ2v) is 7.59. The lowest BCUT2D eigenvalue weighted by molar-refractivity contribution is -0.115. The van der Waals surface area contributed by atoms with Crippen LogP contribution in [-0.2, 0) is 11.2 Å². The SMILES string of the molecule is Cc1ccc(N2CCC3=CC(=O)CCC3(Cc3ccccc3)C2)cc1. The Morgan fingerprint density at radius 1 is 1.00 bits per heavy atom. The molecule has 0 radical (unpaired) electrons. The van der Waals surface area contributed by atoms with Gasteiger partial charge in [0.05, 0.1) is 0 Å². The van der Waals surface area contributed by atoms with Crippen molar-refractivity contribution < 1.29 is 4.79 Å². The summed E-state index contributed by atoms with van der Waals surface area (Å²) in [5.41, 5.74) is 5.43. The van der Waals surface area contributed by atoms with Gasteiger partial charge >= 0.3 is 0 Å². The van der Waals surface area contributed by atoms with Gasteiger partial charge in [-0.3, -0.25) is 4.79 Å². The van der Waals surface area contributed by atoms with Crippen molar-refractivity contribution in [1.29, 1.82) is 0 Å². The van der Waals surface area contributed by atoms with E-state index in [0.29, 0.717) is 12.2 Å². The molecular weight excluding hydrogens is 306 g/mol. The molecule has 1 aliphatic heterocycles. The van der Waals surface area contributed by atoms with Crippen LogP contribution in [0.3, 0.4) is 0 Å². The number of hydrogen-bond acceptors (Lipinski definition) is 2. The van der Waals surface area contributed by atoms with Crippen LogP contribution in [0.5, 0.6) is 0 Å². The summed E-state index contributed by atoms with van der Waals surface area (Å²) in [7, 11) is 0. The van der Waals surface area contributed by atoms with Gasteiger partial charge in [-0.15, -0.1) is 0 Å². The Balaban J connectivity index is 1.66. The monoisotopic (exact) mass is 331 g/mol. The molecule has 2 aliphatic rings. The normalized spacial score (nSPS) is 23.2. The van der Waals surface area contributed by atoms with Crippen LogP contribution in [0.4, 0.5) is 5.69 Å². The summed E-state index contributed by atoms with van der Waals surface area (Å²) in [5.74, 6) is 0.308. The van der Waals surface area contributed by atoms with Crippen LogP contribution in [0.15, 0.2) is 66.2 Å². The first-order valence-corrected chi connectivity index (χ1v) is 9.24. The molecule has 1 atom stereocenters. The lowest BCUT2D eigenvalue weighted by Gasteiger charge is -2.47. The van der Waals surface area contributed by atoms with E-state index in [1.165, 1.54) is 22.4 Å². The van der Waals surface area contributed by atoms with Crippen LogP contribution in [0.25, 0.3) is 0 Å². The van der Waals surface area contributed by atoms with Crippen molar-refractivity contribution in [2.75, 3.05) is 18.0 Å². The molecule has 2 aromatic rings. The highest BCUT2D eigenvalue weighted by Crippen LogP contribution is 2.45. The van der Waals surface area contributed by atoms with Gasteiger partial charge in [0.25, 0.3) is 0 Å². The number of ketones is 1. The molecule has 25 heavy (non-hydrogen) atoms. The van der Waals surface area contributed by atoms with Crippen LogP contribution in [0, 0.1) is 12.3 Å². The largest absolute Gasteiger partial charge is 0.370 e. The zero-order chi connectivity index (χ0) is 17.3. The van der Waals surface area contributed by atoms with Crippen LogP contribution < -0.4 is 4.90 Å². The molecule has 2 aromatic carbocycles. The number of benzene rings is 2. The smallest absolute Gasteiger partial charge is 0.155 e. The maximum atomic E-state index is 12.0. The Kier molecular flexibility index (Phi) is 4.20. The van der Waals surface area contributed by atoms with Crippen LogP contribution in [-0.4, -0.2) is 18.9 Å². The van der Waals surface area contributed by atoms with E-state index in [2.05, 4.69) is 66.4 Å². The molecule has 0 aromatic heterocycles. The molecule has 4 rings (SSSR count). The number of aryl methyl sites for hydroxylation is 1. The number of nitrogens with zero attached hydrogens (tertiary/aromatic N) is 1. The highest BCUT2D eigenvalue weighted by atomic mass is 16.1. The maximum Gasteiger partial charge on any atom is 0.155 e. The molecule has 2 nitrogen and oxygen atoms in total. The van der Waals surface area contributed by atoms with Gasteiger partial charge in [0, 0.05) is 30.6 Å². The molecular formula is C23H25NO. The highest BCUT2D eigenvalue weighted by Gasteiger charge is 2.42. The maximum absolute atomic E-state index is 12.0. The second-order valence-electron chi connectivity index (χ2n) is 7.59. The van der Waals surface area contributed by atoms with Gasteiger partial charge in [0.15, 0.2) is 5.78 Å². The molecule has 0 amide bonds. The zero-order valence-electron chi connectivity index (χ0n) is 14.9. The van der Waals surface area contributed by atoms with E-state index < -0.39 is 0 Å². The second kappa shape index (κ2) is 6.51. The number of carbonyl (C=O) groups is 1. The van der Waals surface area contributed by atoms with E-state index in [4.69, 9.17) is 0 Å². The molecule has 1 aliphatic carbocycles. The van der Waals surface area contributed by atoms with Crippen molar-refractivity contribution >= 4 is 11.5 Å². The zero-order valence-corrected chi connectivity index (χ0v) is 14.9. The number of piperidine rings is 1. The predicted molar refractivity (Wildman–Crippen MR) is 103 cm³/mol. The Labute approximate surface area is 150 Å². The molecule has 1 fully saturated rings. The van der Waals surface area contributed by atoms with Crippen LogP contribution >= 0.6 is 0 Å². The molecule has 1 unspecified atom stereocenters. The first-order valence-electron chi connectivity index (χ1n) is 9.24. The van der Waals surface area contributed by atoms with E-state index in [1.54, 1.807) is 0 Å². The van der Waals surface area contributed by atoms with Crippen molar-refractivity contribution in [1.82, 2.24) is 0 Å². The summed E-state index contributed by atoms with van der Waals surface area (Å²) in [6.07, 6.45) is 5.62. The van der Waals surface area contributed by atoms with Gasteiger partial charge in [0.2, 0.25) is 0 Å². The third-order valence-electron chi connectivity index (χ3n) is 5.80. The van der Waals surface area contributed by atoms with Crippen LogP contribution in [0.2, 0.25) is 0 Å². The Hall–Kier alpha value is -2.35. The Morgan fingerprint density at radius 2 is 1.76 bits per heavy atom. The summed E-state index contributed by atoms with van der Waals surface area (Å²) in [6, 6.07) is 19.6. The Bertz CT molecular complexity index is 791. The van der Waals surface area contributed by atoms with Crippen molar-refractivity contribution in [3.05, 3.63) is 77.4 Å². The molecule has 0 N–H and O–H groups in total. The van der Waals surface area contributed by atoms with Crippen molar-refractivity contribution in [3.63, 3.8) is 0 Å². The standard InChI is InChI=1S/C23H25NO/c1-18-7-9-21(10-8-18)24-14-12-20-15-22(25)11-13-23(20,17-24)16-19-5-3-2-4-6-19/h2-10,15H,11-14,16-17H2,1H3.